The number of hydrogen-bond acceptors (Lipinski definition) is 6. The van der Waals surface area contributed by atoms with Gasteiger partial charge in [0, 0.05) is 37.8 Å². The molecular weight excluding hydrogens is 474 g/mol. The van der Waals surface area contributed by atoms with E-state index in [2.05, 4.69) is 67.6 Å². The molecule has 4 aromatic rings. The lowest BCUT2D eigenvalue weighted by atomic mass is 9.93. The van der Waals surface area contributed by atoms with E-state index in [4.69, 9.17) is 0 Å². The normalized spacial score (nSPS) is 18.7. The minimum absolute atomic E-state index is 0.0709. The Hall–Kier alpha value is -3.36. The summed E-state index contributed by atoms with van der Waals surface area (Å²) in [4.78, 5) is 21.9. The van der Waals surface area contributed by atoms with E-state index in [0.717, 1.165) is 48.2 Å². The lowest BCUT2D eigenvalue weighted by Gasteiger charge is -2.43. The van der Waals surface area contributed by atoms with E-state index in [9.17, 15) is 4.79 Å². The standard InChI is InChI=1S/C30H37N7O/c1-21-17-22(2)27-24(18-21)19-26(30(38)31-27)28(29-32-33-34-37(29)20-23-9-5-3-6-10-23)36-15-13-35(14-16-36)25-11-7-4-8-12-25/h3,5-6,9-10,17-19,25,28H,4,7-8,11-16,20H2,1-2H3,(H,31,38)/t28-/m1/s1. The Labute approximate surface area is 223 Å². The summed E-state index contributed by atoms with van der Waals surface area (Å²) >= 11 is 0. The highest BCUT2D eigenvalue weighted by molar-refractivity contribution is 5.83. The van der Waals surface area contributed by atoms with Crippen molar-refractivity contribution in [2.75, 3.05) is 26.2 Å². The van der Waals surface area contributed by atoms with Gasteiger partial charge in [0.15, 0.2) is 5.82 Å². The molecular formula is C30H37N7O. The summed E-state index contributed by atoms with van der Waals surface area (Å²) in [6, 6.07) is 16.9. The molecule has 6 rings (SSSR count). The maximum absolute atomic E-state index is 13.7. The molecule has 1 atom stereocenters. The fourth-order valence-electron chi connectivity index (χ4n) is 6.49. The Kier molecular flexibility index (Phi) is 7.08. The molecule has 1 aliphatic carbocycles. The minimum Gasteiger partial charge on any atom is -0.321 e. The number of tetrazole rings is 1. The monoisotopic (exact) mass is 511 g/mol. The van der Waals surface area contributed by atoms with E-state index in [-0.39, 0.29) is 11.6 Å². The molecule has 198 valence electrons. The average molecular weight is 512 g/mol. The van der Waals surface area contributed by atoms with Gasteiger partial charge in [-0.15, -0.1) is 5.10 Å². The Morgan fingerprint density at radius 1 is 0.974 bits per heavy atom. The molecule has 2 aliphatic rings. The van der Waals surface area contributed by atoms with E-state index in [1.54, 1.807) is 0 Å². The van der Waals surface area contributed by atoms with E-state index in [0.29, 0.717) is 24.0 Å². The largest absolute Gasteiger partial charge is 0.321 e. The highest BCUT2D eigenvalue weighted by Crippen LogP contribution is 2.31. The van der Waals surface area contributed by atoms with Crippen molar-refractivity contribution in [1.82, 2.24) is 35.0 Å². The number of aryl methyl sites for hydroxylation is 2. The summed E-state index contributed by atoms with van der Waals surface area (Å²) < 4.78 is 1.86. The van der Waals surface area contributed by atoms with Crippen molar-refractivity contribution in [3.05, 3.63) is 87.0 Å². The number of nitrogens with one attached hydrogen (secondary N) is 1. The molecule has 8 nitrogen and oxygen atoms in total. The first kappa shape index (κ1) is 24.9. The number of fused-ring (bicyclic) bond motifs is 1. The van der Waals surface area contributed by atoms with Crippen LogP contribution in [0.4, 0.5) is 0 Å². The van der Waals surface area contributed by atoms with Crippen LogP contribution in [0.15, 0.2) is 53.3 Å². The van der Waals surface area contributed by atoms with Crippen molar-refractivity contribution in [2.24, 2.45) is 0 Å². The summed E-state index contributed by atoms with van der Waals surface area (Å²) in [6.45, 7) is 8.47. The summed E-state index contributed by atoms with van der Waals surface area (Å²) in [5, 5.41) is 14.0. The van der Waals surface area contributed by atoms with Crippen LogP contribution in [0, 0.1) is 13.8 Å². The quantitative estimate of drug-likeness (QED) is 0.417. The smallest absolute Gasteiger partial charge is 0.253 e. The third-order valence-corrected chi connectivity index (χ3v) is 8.40. The third-order valence-electron chi connectivity index (χ3n) is 8.40. The molecule has 2 fully saturated rings. The maximum Gasteiger partial charge on any atom is 0.253 e. The van der Waals surface area contributed by atoms with E-state index < -0.39 is 0 Å². The first-order valence-corrected chi connectivity index (χ1v) is 14.0. The number of nitrogens with zero attached hydrogens (tertiary/aromatic N) is 6. The summed E-state index contributed by atoms with van der Waals surface area (Å²) in [5.41, 5.74) is 4.92. The zero-order valence-electron chi connectivity index (χ0n) is 22.4. The predicted octanol–water partition coefficient (Wildman–Crippen LogP) is 4.22. The van der Waals surface area contributed by atoms with Gasteiger partial charge in [0.1, 0.15) is 6.04 Å². The molecule has 3 heterocycles. The summed E-state index contributed by atoms with van der Waals surface area (Å²) in [6.07, 6.45) is 6.66. The zero-order valence-corrected chi connectivity index (χ0v) is 22.4. The molecule has 1 saturated carbocycles. The van der Waals surface area contributed by atoms with Gasteiger partial charge in [0.05, 0.1) is 12.1 Å². The highest BCUT2D eigenvalue weighted by atomic mass is 16.1. The number of piperazine rings is 1. The molecule has 0 spiro atoms. The Morgan fingerprint density at radius 2 is 1.74 bits per heavy atom. The third kappa shape index (κ3) is 5.02. The molecule has 2 aromatic carbocycles. The Morgan fingerprint density at radius 3 is 2.50 bits per heavy atom. The van der Waals surface area contributed by atoms with Gasteiger partial charge in [-0.1, -0.05) is 61.2 Å². The first-order chi connectivity index (χ1) is 18.6. The molecule has 1 saturated heterocycles. The maximum atomic E-state index is 13.7. The highest BCUT2D eigenvalue weighted by Gasteiger charge is 2.34. The molecule has 0 amide bonds. The van der Waals surface area contributed by atoms with Crippen LogP contribution >= 0.6 is 0 Å². The van der Waals surface area contributed by atoms with Gasteiger partial charge < -0.3 is 4.98 Å². The van der Waals surface area contributed by atoms with E-state index >= 15 is 0 Å². The van der Waals surface area contributed by atoms with Crippen LogP contribution < -0.4 is 5.56 Å². The number of aromatic nitrogens is 5. The molecule has 1 N–H and O–H groups in total. The molecule has 0 bridgehead atoms. The van der Waals surface area contributed by atoms with Gasteiger partial charge in [-0.2, -0.15) is 0 Å². The van der Waals surface area contributed by atoms with Crippen LogP contribution in [0.25, 0.3) is 10.9 Å². The van der Waals surface area contributed by atoms with Crippen LogP contribution in [0.3, 0.4) is 0 Å². The van der Waals surface area contributed by atoms with Gasteiger partial charge in [0.2, 0.25) is 0 Å². The van der Waals surface area contributed by atoms with E-state index in [1.165, 1.54) is 37.7 Å². The van der Waals surface area contributed by atoms with Crippen LogP contribution in [0.2, 0.25) is 0 Å². The molecule has 1 aliphatic heterocycles. The van der Waals surface area contributed by atoms with Crippen molar-refractivity contribution >= 4 is 10.9 Å². The van der Waals surface area contributed by atoms with Crippen LogP contribution in [-0.4, -0.2) is 67.2 Å². The fourth-order valence-corrected chi connectivity index (χ4v) is 6.49. The van der Waals surface area contributed by atoms with E-state index in [1.807, 2.05) is 29.8 Å². The van der Waals surface area contributed by atoms with Gasteiger partial charge in [-0.05, 0) is 65.8 Å². The van der Waals surface area contributed by atoms with Crippen molar-refractivity contribution in [1.29, 1.82) is 0 Å². The topological polar surface area (TPSA) is 82.9 Å². The molecule has 0 radical (unpaired) electrons. The number of H-pyrrole nitrogens is 1. The molecule has 0 unspecified atom stereocenters. The van der Waals surface area contributed by atoms with Crippen molar-refractivity contribution < 1.29 is 0 Å². The van der Waals surface area contributed by atoms with Crippen molar-refractivity contribution in [2.45, 2.75) is 64.6 Å². The molecule has 2 aromatic heterocycles. The minimum atomic E-state index is -0.323. The van der Waals surface area contributed by atoms with Crippen LogP contribution in [-0.2, 0) is 6.54 Å². The molecule has 38 heavy (non-hydrogen) atoms. The van der Waals surface area contributed by atoms with Gasteiger partial charge in [-0.25, -0.2) is 4.68 Å². The van der Waals surface area contributed by atoms with Crippen LogP contribution in [0.5, 0.6) is 0 Å². The van der Waals surface area contributed by atoms with Crippen molar-refractivity contribution in [3.63, 3.8) is 0 Å². The van der Waals surface area contributed by atoms with Gasteiger partial charge >= 0.3 is 0 Å². The number of aromatic amines is 1. The lowest BCUT2D eigenvalue weighted by molar-refractivity contribution is 0.0618. The number of rotatable bonds is 6. The number of pyridine rings is 1. The SMILES string of the molecule is Cc1cc(C)c2[nH]c(=O)c([C@H](c3nnnn3Cc3ccccc3)N3CCN(C4CCCCC4)CC3)cc2c1. The lowest BCUT2D eigenvalue weighted by Crippen LogP contribution is -2.52. The second-order valence-corrected chi connectivity index (χ2v) is 11.0. The van der Waals surface area contributed by atoms with Crippen molar-refractivity contribution in [3.8, 4) is 0 Å². The zero-order chi connectivity index (χ0) is 26.1. The predicted molar refractivity (Wildman–Crippen MR) is 149 cm³/mol. The second-order valence-electron chi connectivity index (χ2n) is 11.0. The van der Waals surface area contributed by atoms with Gasteiger partial charge in [-0.3, -0.25) is 14.6 Å². The number of hydrogen-bond donors (Lipinski definition) is 1. The summed E-state index contributed by atoms with van der Waals surface area (Å²) in [7, 11) is 0. The van der Waals surface area contributed by atoms with Gasteiger partial charge in [0.25, 0.3) is 5.56 Å². The second kappa shape index (κ2) is 10.8. The number of benzene rings is 2. The summed E-state index contributed by atoms with van der Waals surface area (Å²) in [5.74, 6) is 0.717. The van der Waals surface area contributed by atoms with Crippen LogP contribution in [0.1, 0.15) is 66.2 Å². The Bertz CT molecular complexity index is 1450. The Balaban J connectivity index is 1.38. The molecule has 8 heteroatoms. The fraction of sp³-hybridized carbons (Fsp3) is 0.467. The average Bonchev–Trinajstić information content (AvgIpc) is 3.38. The first-order valence-electron chi connectivity index (χ1n) is 14.0.